The molecule has 2 heterocycles. The number of para-hydroxylation sites is 1. The first-order valence-corrected chi connectivity index (χ1v) is 10.3. The van der Waals surface area contributed by atoms with Crippen LogP contribution in [0.25, 0.3) is 0 Å². The number of anilines is 1. The lowest BCUT2D eigenvalue weighted by atomic mass is 10.1. The van der Waals surface area contributed by atoms with E-state index in [0.717, 1.165) is 38.8 Å². The van der Waals surface area contributed by atoms with Crippen LogP contribution in [-0.4, -0.2) is 58.7 Å². The quantitative estimate of drug-likeness (QED) is 0.785. The molecule has 1 aromatic rings. The number of rotatable bonds is 5. The average molecular weight is 398 g/mol. The van der Waals surface area contributed by atoms with Gasteiger partial charge in [0.15, 0.2) is 6.04 Å². The third-order valence-electron chi connectivity index (χ3n) is 6.01. The molecule has 154 valence electrons. The van der Waals surface area contributed by atoms with E-state index in [4.69, 9.17) is 0 Å². The number of carboxylic acids is 1. The fourth-order valence-corrected chi connectivity index (χ4v) is 4.46. The number of likely N-dealkylation sites (tertiary alicyclic amines) is 1. The van der Waals surface area contributed by atoms with Crippen molar-refractivity contribution in [1.29, 1.82) is 0 Å². The van der Waals surface area contributed by atoms with E-state index >= 15 is 0 Å². The first kappa shape index (κ1) is 19.4. The summed E-state index contributed by atoms with van der Waals surface area (Å²) >= 11 is 0. The summed E-state index contributed by atoms with van der Waals surface area (Å²) in [5.41, 5.74) is 0.857. The Labute approximate surface area is 169 Å². The maximum absolute atomic E-state index is 12.7. The summed E-state index contributed by atoms with van der Waals surface area (Å²) in [7, 11) is 0. The first-order chi connectivity index (χ1) is 14.0. The second-order valence-electron chi connectivity index (χ2n) is 8.00. The van der Waals surface area contributed by atoms with Gasteiger partial charge in [-0.05, 0) is 44.2 Å². The van der Waals surface area contributed by atoms with E-state index in [1.807, 2.05) is 11.0 Å². The van der Waals surface area contributed by atoms with Crippen LogP contribution in [0.3, 0.4) is 0 Å². The molecule has 1 aliphatic carbocycles. The number of hydrogen-bond acceptors (Lipinski definition) is 5. The highest BCUT2D eigenvalue weighted by Gasteiger charge is 2.38. The van der Waals surface area contributed by atoms with Gasteiger partial charge in [0.1, 0.15) is 5.71 Å². The van der Waals surface area contributed by atoms with Gasteiger partial charge < -0.3 is 15.3 Å². The van der Waals surface area contributed by atoms with Gasteiger partial charge in [-0.25, -0.2) is 4.79 Å². The van der Waals surface area contributed by atoms with Crippen LogP contribution in [0.4, 0.5) is 5.69 Å². The molecular formula is C21H26N4O4. The van der Waals surface area contributed by atoms with Crippen LogP contribution in [0.2, 0.25) is 0 Å². The van der Waals surface area contributed by atoms with Gasteiger partial charge in [0, 0.05) is 31.5 Å². The number of benzene rings is 1. The van der Waals surface area contributed by atoms with Crippen LogP contribution in [0.1, 0.15) is 38.5 Å². The lowest BCUT2D eigenvalue weighted by Crippen LogP contribution is -2.39. The minimum absolute atomic E-state index is 0.0310. The van der Waals surface area contributed by atoms with Crippen molar-refractivity contribution in [3.8, 4) is 0 Å². The smallest absolute Gasteiger partial charge is 0.328 e. The molecule has 3 aliphatic rings. The number of hydrogen-bond donors (Lipinski definition) is 2. The summed E-state index contributed by atoms with van der Waals surface area (Å²) in [6.07, 6.45) is 4.37. The monoisotopic (exact) mass is 398 g/mol. The fraction of sp³-hybridized carbons (Fsp3) is 0.524. The van der Waals surface area contributed by atoms with E-state index in [1.54, 1.807) is 24.3 Å². The summed E-state index contributed by atoms with van der Waals surface area (Å²) in [5.74, 6) is -1.18. The standard InChI is InChI=1S/C21H26N4O4/c26-19(22-15-9-8-14(12-15)20(27)24-10-4-5-11-24)17-13-18(21(28)29)25(23-17)16-6-2-1-3-7-16/h1-3,6-7,14-15,18H,4-5,8-13H2,(H,22,26)(H,28,29)/t14-,15+,18?/m1/s1. The minimum atomic E-state index is -1.02. The van der Waals surface area contributed by atoms with E-state index in [9.17, 15) is 19.5 Å². The summed E-state index contributed by atoms with van der Waals surface area (Å²) in [5, 5.41) is 18.2. The van der Waals surface area contributed by atoms with E-state index in [2.05, 4.69) is 10.4 Å². The molecule has 8 nitrogen and oxygen atoms in total. The van der Waals surface area contributed by atoms with E-state index in [1.165, 1.54) is 5.01 Å². The number of carbonyl (C=O) groups is 3. The van der Waals surface area contributed by atoms with Crippen molar-refractivity contribution < 1.29 is 19.5 Å². The zero-order valence-electron chi connectivity index (χ0n) is 16.3. The SMILES string of the molecule is O=C(N[C@H]1CC[C@@H](C(=O)N2CCCC2)C1)C1=NN(c2ccccc2)C(C(=O)O)C1. The highest BCUT2D eigenvalue weighted by Crippen LogP contribution is 2.29. The fourth-order valence-electron chi connectivity index (χ4n) is 4.46. The van der Waals surface area contributed by atoms with Gasteiger partial charge in [-0.1, -0.05) is 18.2 Å². The summed E-state index contributed by atoms with van der Waals surface area (Å²) in [6, 6.07) is 8.02. The Morgan fingerprint density at radius 1 is 1.07 bits per heavy atom. The Kier molecular flexibility index (Phi) is 5.51. The Hall–Kier alpha value is -2.90. The second-order valence-corrected chi connectivity index (χ2v) is 8.00. The highest BCUT2D eigenvalue weighted by molar-refractivity contribution is 6.40. The largest absolute Gasteiger partial charge is 0.480 e. The van der Waals surface area contributed by atoms with Crippen molar-refractivity contribution in [2.75, 3.05) is 18.1 Å². The van der Waals surface area contributed by atoms with Crippen LogP contribution in [0, 0.1) is 5.92 Å². The topological polar surface area (TPSA) is 102 Å². The normalized spacial score (nSPS) is 26.5. The highest BCUT2D eigenvalue weighted by atomic mass is 16.4. The van der Waals surface area contributed by atoms with Gasteiger partial charge in [-0.2, -0.15) is 5.10 Å². The zero-order chi connectivity index (χ0) is 20.4. The van der Waals surface area contributed by atoms with Crippen molar-refractivity contribution in [2.45, 2.75) is 50.6 Å². The zero-order valence-corrected chi connectivity index (χ0v) is 16.3. The van der Waals surface area contributed by atoms with Crippen LogP contribution in [0.15, 0.2) is 35.4 Å². The molecule has 2 fully saturated rings. The number of hydrazone groups is 1. The van der Waals surface area contributed by atoms with Crippen LogP contribution in [0.5, 0.6) is 0 Å². The number of nitrogens with one attached hydrogen (secondary N) is 1. The Bertz CT molecular complexity index is 819. The van der Waals surface area contributed by atoms with Crippen molar-refractivity contribution in [2.24, 2.45) is 11.0 Å². The third kappa shape index (κ3) is 4.11. The van der Waals surface area contributed by atoms with Crippen LogP contribution < -0.4 is 10.3 Å². The number of aliphatic carboxylic acids is 1. The maximum Gasteiger partial charge on any atom is 0.328 e. The Balaban J connectivity index is 1.38. The second kappa shape index (κ2) is 8.23. The van der Waals surface area contributed by atoms with Crippen molar-refractivity contribution in [1.82, 2.24) is 10.2 Å². The summed E-state index contributed by atoms with van der Waals surface area (Å²) in [6.45, 7) is 1.68. The molecule has 4 rings (SSSR count). The average Bonchev–Trinajstić information content (AvgIpc) is 3.47. The molecule has 1 aromatic carbocycles. The van der Waals surface area contributed by atoms with Crippen LogP contribution >= 0.6 is 0 Å². The molecule has 8 heteroatoms. The third-order valence-corrected chi connectivity index (χ3v) is 6.01. The lowest BCUT2D eigenvalue weighted by molar-refractivity contribution is -0.138. The minimum Gasteiger partial charge on any atom is -0.480 e. The van der Waals surface area contributed by atoms with Gasteiger partial charge in [0.2, 0.25) is 5.91 Å². The van der Waals surface area contributed by atoms with Gasteiger partial charge in [-0.15, -0.1) is 0 Å². The molecule has 0 aromatic heterocycles. The summed E-state index contributed by atoms with van der Waals surface area (Å²) in [4.78, 5) is 38.9. The number of nitrogens with zero attached hydrogens (tertiary/aromatic N) is 3. The molecule has 1 saturated carbocycles. The molecule has 29 heavy (non-hydrogen) atoms. The van der Waals surface area contributed by atoms with E-state index in [0.29, 0.717) is 12.1 Å². The molecule has 2 aliphatic heterocycles. The molecular weight excluding hydrogens is 372 g/mol. The predicted molar refractivity (Wildman–Crippen MR) is 107 cm³/mol. The van der Waals surface area contributed by atoms with Gasteiger partial charge in [0.25, 0.3) is 5.91 Å². The Morgan fingerprint density at radius 2 is 1.79 bits per heavy atom. The van der Waals surface area contributed by atoms with Gasteiger partial charge in [-0.3, -0.25) is 14.6 Å². The molecule has 0 radical (unpaired) electrons. The van der Waals surface area contributed by atoms with Gasteiger partial charge >= 0.3 is 5.97 Å². The molecule has 1 unspecified atom stereocenters. The molecule has 0 spiro atoms. The van der Waals surface area contributed by atoms with E-state index < -0.39 is 12.0 Å². The van der Waals surface area contributed by atoms with Gasteiger partial charge in [0.05, 0.1) is 5.69 Å². The molecule has 0 bridgehead atoms. The molecule has 2 N–H and O–H groups in total. The lowest BCUT2D eigenvalue weighted by Gasteiger charge is -2.20. The van der Waals surface area contributed by atoms with Crippen molar-refractivity contribution in [3.05, 3.63) is 30.3 Å². The first-order valence-electron chi connectivity index (χ1n) is 10.3. The van der Waals surface area contributed by atoms with Crippen molar-refractivity contribution >= 4 is 29.2 Å². The summed E-state index contributed by atoms with van der Waals surface area (Å²) < 4.78 is 0. The van der Waals surface area contributed by atoms with Crippen molar-refractivity contribution in [3.63, 3.8) is 0 Å². The molecule has 1 saturated heterocycles. The number of carboxylic acid groups (broad SMARTS) is 1. The maximum atomic E-state index is 12.7. The number of amides is 2. The molecule has 2 amide bonds. The predicted octanol–water partition coefficient (Wildman–Crippen LogP) is 1.61. The molecule has 3 atom stereocenters. The number of carbonyl (C=O) groups excluding carboxylic acids is 2. The van der Waals surface area contributed by atoms with E-state index in [-0.39, 0.29) is 35.9 Å². The Morgan fingerprint density at radius 3 is 2.48 bits per heavy atom. The van der Waals surface area contributed by atoms with Crippen LogP contribution in [-0.2, 0) is 14.4 Å².